The van der Waals surface area contributed by atoms with Gasteiger partial charge in [0.15, 0.2) is 6.61 Å². The highest BCUT2D eigenvalue weighted by Crippen LogP contribution is 2.15. The Morgan fingerprint density at radius 2 is 2.08 bits per heavy atom. The Kier molecular flexibility index (Phi) is 2.43. The lowest BCUT2D eigenvalue weighted by Gasteiger charge is -1.91. The largest absolute Gasteiger partial charge is 0.433 e. The quantitative estimate of drug-likeness (QED) is 0.512. The van der Waals surface area contributed by atoms with Crippen LogP contribution in [0.5, 0.6) is 0 Å². The first-order valence-electron chi connectivity index (χ1n) is 3.10. The Morgan fingerprint density at radius 3 is 2.54 bits per heavy atom. The van der Waals surface area contributed by atoms with Gasteiger partial charge in [-0.15, -0.1) is 10.1 Å². The molecule has 0 fully saturated rings. The van der Waals surface area contributed by atoms with E-state index in [1.54, 1.807) is 0 Å². The van der Waals surface area contributed by atoms with Crippen molar-refractivity contribution in [2.75, 3.05) is 0 Å². The molecule has 0 spiro atoms. The molecule has 0 unspecified atom stereocenters. The summed E-state index contributed by atoms with van der Waals surface area (Å²) in [6, 6.07) is 2.33. The molecule has 1 rings (SSSR count). The van der Waals surface area contributed by atoms with Crippen LogP contribution in [-0.2, 0) is 11.4 Å². The number of rotatable bonds is 4. The first-order chi connectivity index (χ1) is 6.09. The van der Waals surface area contributed by atoms with Crippen molar-refractivity contribution in [1.29, 1.82) is 0 Å². The topological polar surface area (TPSA) is 109 Å². The summed E-state index contributed by atoms with van der Waals surface area (Å²) < 4.78 is 4.57. The van der Waals surface area contributed by atoms with Crippen molar-refractivity contribution in [1.82, 2.24) is 0 Å². The summed E-state index contributed by atoms with van der Waals surface area (Å²) >= 11 is 0. The molecule has 0 saturated carbocycles. The number of hydrogen-bond donors (Lipinski definition) is 0. The predicted molar refractivity (Wildman–Crippen MR) is 37.1 cm³/mol. The van der Waals surface area contributed by atoms with Crippen LogP contribution in [0.4, 0.5) is 5.88 Å². The lowest BCUT2D eigenvalue weighted by Crippen LogP contribution is -1.99. The van der Waals surface area contributed by atoms with E-state index < -0.39 is 22.5 Å². The molecular weight excluding hydrogens is 184 g/mol. The van der Waals surface area contributed by atoms with Crippen molar-refractivity contribution in [3.8, 4) is 0 Å². The zero-order chi connectivity index (χ0) is 9.84. The molecule has 0 aromatic carbocycles. The Bertz CT molecular complexity index is 332. The van der Waals surface area contributed by atoms with E-state index in [0.717, 1.165) is 6.07 Å². The molecule has 0 atom stereocenters. The highest BCUT2D eigenvalue weighted by molar-refractivity contribution is 5.17. The van der Waals surface area contributed by atoms with Crippen LogP contribution in [0.2, 0.25) is 0 Å². The Labute approximate surface area is 71.0 Å². The van der Waals surface area contributed by atoms with Gasteiger partial charge in [0.05, 0.1) is 6.07 Å². The van der Waals surface area contributed by atoms with Crippen LogP contribution in [0.3, 0.4) is 0 Å². The third kappa shape index (κ3) is 2.43. The third-order valence-electron chi connectivity index (χ3n) is 1.14. The van der Waals surface area contributed by atoms with Crippen molar-refractivity contribution >= 4 is 5.88 Å². The van der Waals surface area contributed by atoms with Crippen molar-refractivity contribution in [2.45, 2.75) is 6.61 Å². The van der Waals surface area contributed by atoms with E-state index >= 15 is 0 Å². The summed E-state index contributed by atoms with van der Waals surface area (Å²) in [5.74, 6) is -0.439. The van der Waals surface area contributed by atoms with Crippen LogP contribution in [0.1, 0.15) is 5.76 Å². The second kappa shape index (κ2) is 3.52. The standard InChI is InChI=1S/C5H4N2O6/c8-6(9)5-2-1-4(13-5)3-12-7(10)11/h1-2H,3H2. The molecule has 1 aromatic heterocycles. The van der Waals surface area contributed by atoms with E-state index in [2.05, 4.69) is 9.25 Å². The van der Waals surface area contributed by atoms with Gasteiger partial charge in [-0.2, -0.15) is 0 Å². The zero-order valence-corrected chi connectivity index (χ0v) is 6.21. The first kappa shape index (κ1) is 8.97. The molecule has 0 aliphatic heterocycles. The second-order valence-electron chi connectivity index (χ2n) is 1.99. The zero-order valence-electron chi connectivity index (χ0n) is 6.21. The summed E-state index contributed by atoms with van der Waals surface area (Å²) in [6.07, 6.45) is 0. The molecule has 0 N–H and O–H groups in total. The molecule has 0 bridgehead atoms. The predicted octanol–water partition coefficient (Wildman–Crippen LogP) is 0.896. The van der Waals surface area contributed by atoms with E-state index in [0.29, 0.717) is 0 Å². The van der Waals surface area contributed by atoms with Crippen molar-refractivity contribution in [3.05, 3.63) is 38.1 Å². The van der Waals surface area contributed by atoms with Crippen LogP contribution in [0.25, 0.3) is 0 Å². The summed E-state index contributed by atoms with van der Waals surface area (Å²) in [5.41, 5.74) is 0. The fourth-order valence-corrected chi connectivity index (χ4v) is 0.659. The lowest BCUT2D eigenvalue weighted by molar-refractivity contribution is -0.763. The summed E-state index contributed by atoms with van der Waals surface area (Å²) in [6.45, 7) is -0.430. The minimum Gasteiger partial charge on any atom is -0.404 e. The van der Waals surface area contributed by atoms with Gasteiger partial charge >= 0.3 is 5.88 Å². The van der Waals surface area contributed by atoms with Gasteiger partial charge in [0, 0.05) is 0 Å². The smallest absolute Gasteiger partial charge is 0.404 e. The van der Waals surface area contributed by atoms with Crippen molar-refractivity contribution < 1.29 is 19.3 Å². The van der Waals surface area contributed by atoms with E-state index in [1.807, 2.05) is 0 Å². The maximum Gasteiger partial charge on any atom is 0.433 e. The van der Waals surface area contributed by atoms with Gasteiger partial charge in [-0.3, -0.25) is 10.1 Å². The Morgan fingerprint density at radius 1 is 1.38 bits per heavy atom. The van der Waals surface area contributed by atoms with Gasteiger partial charge in [-0.1, -0.05) is 0 Å². The molecule has 0 radical (unpaired) electrons. The number of nitrogens with zero attached hydrogens (tertiary/aromatic N) is 2. The molecular formula is C5H4N2O6. The van der Waals surface area contributed by atoms with E-state index in [-0.39, 0.29) is 5.76 Å². The maximum absolute atomic E-state index is 10.1. The number of nitro groups is 1. The third-order valence-corrected chi connectivity index (χ3v) is 1.14. The highest BCUT2D eigenvalue weighted by atomic mass is 17.0. The van der Waals surface area contributed by atoms with E-state index in [9.17, 15) is 20.2 Å². The molecule has 8 heteroatoms. The van der Waals surface area contributed by atoms with Gasteiger partial charge in [0.1, 0.15) is 10.7 Å². The molecule has 0 saturated heterocycles. The number of hydrogen-bond acceptors (Lipinski definition) is 6. The first-order valence-corrected chi connectivity index (χ1v) is 3.10. The SMILES string of the molecule is O=[N+]([O-])OCc1ccc([N+](=O)[O-])o1. The van der Waals surface area contributed by atoms with E-state index in [1.165, 1.54) is 6.07 Å². The van der Waals surface area contributed by atoms with Crippen LogP contribution >= 0.6 is 0 Å². The minimum atomic E-state index is -1.01. The van der Waals surface area contributed by atoms with E-state index in [4.69, 9.17) is 0 Å². The minimum absolute atomic E-state index is 0.0309. The van der Waals surface area contributed by atoms with Gasteiger partial charge in [-0.25, -0.2) is 0 Å². The Balaban J connectivity index is 2.59. The van der Waals surface area contributed by atoms with Gasteiger partial charge in [-0.05, 0) is 6.07 Å². The summed E-state index contributed by atoms with van der Waals surface area (Å²) in [5, 5.41) is 18.8. The van der Waals surface area contributed by atoms with Crippen molar-refractivity contribution in [2.24, 2.45) is 0 Å². The monoisotopic (exact) mass is 188 g/mol. The normalized spacial score (nSPS) is 9.54. The Hall–Kier alpha value is -2.12. The average Bonchev–Trinajstić information content (AvgIpc) is 2.48. The van der Waals surface area contributed by atoms with Crippen molar-refractivity contribution in [3.63, 3.8) is 0 Å². The molecule has 1 heterocycles. The van der Waals surface area contributed by atoms with Gasteiger partial charge in [0.2, 0.25) is 0 Å². The summed E-state index contributed by atoms with van der Waals surface area (Å²) in [7, 11) is 0. The molecule has 0 aliphatic rings. The summed E-state index contributed by atoms with van der Waals surface area (Å²) in [4.78, 5) is 23.0. The molecule has 13 heavy (non-hydrogen) atoms. The molecule has 0 aliphatic carbocycles. The van der Waals surface area contributed by atoms with Gasteiger partial charge in [0.25, 0.3) is 5.09 Å². The molecule has 8 nitrogen and oxygen atoms in total. The fourth-order valence-electron chi connectivity index (χ4n) is 0.659. The molecule has 0 amide bonds. The van der Waals surface area contributed by atoms with Crippen LogP contribution in [0, 0.1) is 20.2 Å². The maximum atomic E-state index is 10.1. The lowest BCUT2D eigenvalue weighted by atomic mass is 10.5. The van der Waals surface area contributed by atoms with Crippen LogP contribution < -0.4 is 0 Å². The molecule has 1 aromatic rings. The number of furan rings is 1. The van der Waals surface area contributed by atoms with Crippen LogP contribution in [0.15, 0.2) is 16.5 Å². The second-order valence-corrected chi connectivity index (χ2v) is 1.99. The average molecular weight is 188 g/mol. The highest BCUT2D eigenvalue weighted by Gasteiger charge is 2.12. The van der Waals surface area contributed by atoms with Crippen LogP contribution in [-0.4, -0.2) is 10.0 Å². The molecule has 70 valence electrons. The fraction of sp³-hybridized carbons (Fsp3) is 0.200. The van der Waals surface area contributed by atoms with Gasteiger partial charge < -0.3 is 9.25 Å².